The minimum Gasteiger partial charge on any atom is -0.497 e. The summed E-state index contributed by atoms with van der Waals surface area (Å²) >= 11 is 0. The van der Waals surface area contributed by atoms with Crippen LogP contribution in [0.2, 0.25) is 0 Å². The van der Waals surface area contributed by atoms with Crippen molar-refractivity contribution < 1.29 is 14.3 Å². The van der Waals surface area contributed by atoms with Crippen LogP contribution in [0.3, 0.4) is 0 Å². The van der Waals surface area contributed by atoms with Gasteiger partial charge in [0.2, 0.25) is 0 Å². The second-order valence-electron chi connectivity index (χ2n) is 5.40. The second-order valence-corrected chi connectivity index (χ2v) is 5.40. The summed E-state index contributed by atoms with van der Waals surface area (Å²) in [7, 11) is 3.21. The number of methoxy groups -OCH3 is 2. The lowest BCUT2D eigenvalue weighted by atomic mass is 9.78. The third-order valence-electron chi connectivity index (χ3n) is 3.98. The topological polar surface area (TPSA) is 35.5 Å². The zero-order chi connectivity index (χ0) is 13.8. The molecule has 1 saturated carbocycles. The van der Waals surface area contributed by atoms with Crippen LogP contribution in [0.15, 0.2) is 18.2 Å². The predicted octanol–water partition coefficient (Wildman–Crippen LogP) is 3.71. The molecule has 0 radical (unpaired) electrons. The maximum atomic E-state index is 12.7. The average Bonchev–Trinajstić information content (AvgIpc) is 2.45. The summed E-state index contributed by atoms with van der Waals surface area (Å²) in [6, 6.07) is 5.41. The van der Waals surface area contributed by atoms with Gasteiger partial charge in [0, 0.05) is 5.92 Å². The molecule has 0 heterocycles. The van der Waals surface area contributed by atoms with E-state index in [0.29, 0.717) is 23.0 Å². The SMILES string of the molecule is COc1ccc(OC)c(C(=O)C2CCCC(C)C2)c1. The Kier molecular flexibility index (Phi) is 4.46. The zero-order valence-electron chi connectivity index (χ0n) is 11.9. The number of carbonyl (C=O) groups is 1. The van der Waals surface area contributed by atoms with Gasteiger partial charge >= 0.3 is 0 Å². The van der Waals surface area contributed by atoms with Crippen LogP contribution < -0.4 is 9.47 Å². The standard InChI is InChI=1S/C16H22O3/c1-11-5-4-6-12(9-11)16(17)14-10-13(18-2)7-8-15(14)19-3/h7-8,10-12H,4-6,9H2,1-3H3. The van der Waals surface area contributed by atoms with Gasteiger partial charge in [-0.15, -0.1) is 0 Å². The molecule has 0 saturated heterocycles. The average molecular weight is 262 g/mol. The van der Waals surface area contributed by atoms with Crippen LogP contribution in [0.5, 0.6) is 11.5 Å². The molecule has 2 rings (SSSR count). The van der Waals surface area contributed by atoms with Crippen LogP contribution >= 0.6 is 0 Å². The van der Waals surface area contributed by atoms with E-state index in [9.17, 15) is 4.79 Å². The smallest absolute Gasteiger partial charge is 0.169 e. The van der Waals surface area contributed by atoms with Gasteiger partial charge in [0.25, 0.3) is 0 Å². The van der Waals surface area contributed by atoms with Crippen molar-refractivity contribution >= 4 is 5.78 Å². The fraction of sp³-hybridized carbons (Fsp3) is 0.562. The van der Waals surface area contributed by atoms with Crippen molar-refractivity contribution in [2.24, 2.45) is 11.8 Å². The predicted molar refractivity (Wildman–Crippen MR) is 75.0 cm³/mol. The first-order valence-corrected chi connectivity index (χ1v) is 6.92. The molecule has 0 aliphatic heterocycles. The Morgan fingerprint density at radius 1 is 1.21 bits per heavy atom. The fourth-order valence-corrected chi connectivity index (χ4v) is 2.90. The minimum atomic E-state index is 0.129. The van der Waals surface area contributed by atoms with Gasteiger partial charge in [0.15, 0.2) is 5.78 Å². The quantitative estimate of drug-likeness (QED) is 0.776. The molecule has 0 aromatic heterocycles. The summed E-state index contributed by atoms with van der Waals surface area (Å²) in [6.07, 6.45) is 4.35. The summed E-state index contributed by atoms with van der Waals surface area (Å²) in [5, 5.41) is 0. The Morgan fingerprint density at radius 3 is 2.63 bits per heavy atom. The summed E-state index contributed by atoms with van der Waals surface area (Å²) in [5.41, 5.74) is 0.654. The van der Waals surface area contributed by atoms with Crippen molar-refractivity contribution in [3.05, 3.63) is 23.8 Å². The fourth-order valence-electron chi connectivity index (χ4n) is 2.90. The monoisotopic (exact) mass is 262 g/mol. The van der Waals surface area contributed by atoms with Gasteiger partial charge in [-0.3, -0.25) is 4.79 Å². The van der Waals surface area contributed by atoms with E-state index in [1.165, 1.54) is 6.42 Å². The molecule has 3 heteroatoms. The Balaban J connectivity index is 2.26. The lowest BCUT2D eigenvalue weighted by Crippen LogP contribution is -2.22. The van der Waals surface area contributed by atoms with Crippen LogP contribution in [-0.4, -0.2) is 20.0 Å². The molecule has 1 aromatic carbocycles. The first-order valence-electron chi connectivity index (χ1n) is 6.92. The van der Waals surface area contributed by atoms with Crippen molar-refractivity contribution in [3.8, 4) is 11.5 Å². The number of hydrogen-bond donors (Lipinski definition) is 0. The summed E-state index contributed by atoms with van der Waals surface area (Å²) in [4.78, 5) is 12.7. The molecule has 2 unspecified atom stereocenters. The van der Waals surface area contributed by atoms with Crippen LogP contribution in [0.1, 0.15) is 43.0 Å². The van der Waals surface area contributed by atoms with Crippen molar-refractivity contribution in [1.82, 2.24) is 0 Å². The maximum absolute atomic E-state index is 12.7. The van der Waals surface area contributed by atoms with E-state index in [-0.39, 0.29) is 11.7 Å². The molecule has 0 bridgehead atoms. The van der Waals surface area contributed by atoms with Crippen LogP contribution in [0.25, 0.3) is 0 Å². The third kappa shape index (κ3) is 3.09. The molecule has 1 aliphatic rings. The number of ketones is 1. The van der Waals surface area contributed by atoms with E-state index in [1.807, 2.05) is 6.07 Å². The normalized spacial score (nSPS) is 22.9. The molecule has 104 valence electrons. The number of ether oxygens (including phenoxy) is 2. The molecule has 1 fully saturated rings. The first kappa shape index (κ1) is 13.9. The van der Waals surface area contributed by atoms with Crippen LogP contribution in [0.4, 0.5) is 0 Å². The summed E-state index contributed by atoms with van der Waals surface area (Å²) in [5.74, 6) is 2.31. The van der Waals surface area contributed by atoms with E-state index in [4.69, 9.17) is 9.47 Å². The molecule has 0 spiro atoms. The molecule has 1 aromatic rings. The molecular weight excluding hydrogens is 240 g/mol. The van der Waals surface area contributed by atoms with Crippen molar-refractivity contribution in [2.75, 3.05) is 14.2 Å². The van der Waals surface area contributed by atoms with Gasteiger partial charge in [-0.25, -0.2) is 0 Å². The number of hydrogen-bond acceptors (Lipinski definition) is 3. The van der Waals surface area contributed by atoms with E-state index in [0.717, 1.165) is 19.3 Å². The van der Waals surface area contributed by atoms with Crippen molar-refractivity contribution in [3.63, 3.8) is 0 Å². The number of Topliss-reactive ketones (excluding diaryl/α,β-unsaturated/α-hetero) is 1. The maximum Gasteiger partial charge on any atom is 0.169 e. The van der Waals surface area contributed by atoms with Gasteiger partial charge in [-0.1, -0.05) is 19.8 Å². The third-order valence-corrected chi connectivity index (χ3v) is 3.98. The first-order chi connectivity index (χ1) is 9.15. The van der Waals surface area contributed by atoms with Gasteiger partial charge in [0.05, 0.1) is 19.8 Å². The van der Waals surface area contributed by atoms with Gasteiger partial charge < -0.3 is 9.47 Å². The van der Waals surface area contributed by atoms with E-state index < -0.39 is 0 Å². The zero-order valence-corrected chi connectivity index (χ0v) is 11.9. The highest BCUT2D eigenvalue weighted by atomic mass is 16.5. The summed E-state index contributed by atoms with van der Waals surface area (Å²) < 4.78 is 10.5. The number of carbonyl (C=O) groups excluding carboxylic acids is 1. The van der Waals surface area contributed by atoms with Gasteiger partial charge in [0.1, 0.15) is 11.5 Å². The van der Waals surface area contributed by atoms with Crippen LogP contribution in [0, 0.1) is 11.8 Å². The Bertz CT molecular complexity index is 453. The largest absolute Gasteiger partial charge is 0.497 e. The number of benzene rings is 1. The van der Waals surface area contributed by atoms with E-state index in [2.05, 4.69) is 6.92 Å². The highest BCUT2D eigenvalue weighted by Crippen LogP contribution is 2.34. The molecule has 1 aliphatic carbocycles. The molecular formula is C16H22O3. The lowest BCUT2D eigenvalue weighted by Gasteiger charge is -2.26. The van der Waals surface area contributed by atoms with E-state index >= 15 is 0 Å². The molecule has 19 heavy (non-hydrogen) atoms. The van der Waals surface area contributed by atoms with Crippen LogP contribution in [-0.2, 0) is 0 Å². The molecule has 0 amide bonds. The molecule has 3 nitrogen and oxygen atoms in total. The van der Waals surface area contributed by atoms with Gasteiger partial charge in [-0.05, 0) is 37.0 Å². The van der Waals surface area contributed by atoms with E-state index in [1.54, 1.807) is 26.4 Å². The molecule has 2 atom stereocenters. The van der Waals surface area contributed by atoms with Crippen molar-refractivity contribution in [2.45, 2.75) is 32.6 Å². The molecule has 0 N–H and O–H groups in total. The Hall–Kier alpha value is -1.51. The highest BCUT2D eigenvalue weighted by Gasteiger charge is 2.27. The Morgan fingerprint density at radius 2 is 2.00 bits per heavy atom. The minimum absolute atomic E-state index is 0.129. The van der Waals surface area contributed by atoms with Gasteiger partial charge in [-0.2, -0.15) is 0 Å². The second kappa shape index (κ2) is 6.09. The highest BCUT2D eigenvalue weighted by molar-refractivity contribution is 6.00. The number of rotatable bonds is 4. The van der Waals surface area contributed by atoms with Crippen molar-refractivity contribution in [1.29, 1.82) is 0 Å². The summed E-state index contributed by atoms with van der Waals surface area (Å²) in [6.45, 7) is 2.22. The lowest BCUT2D eigenvalue weighted by molar-refractivity contribution is 0.0865. The Labute approximate surface area is 114 Å².